The first-order valence-corrected chi connectivity index (χ1v) is 14.5. The summed E-state index contributed by atoms with van der Waals surface area (Å²) in [5.74, 6) is 0.357. The van der Waals surface area contributed by atoms with Crippen molar-refractivity contribution in [2.45, 2.75) is 65.0 Å². The number of ether oxygens (including phenoxy) is 1. The Labute approximate surface area is 235 Å². The first-order chi connectivity index (χ1) is 19.4. The summed E-state index contributed by atoms with van der Waals surface area (Å²) in [7, 11) is 0. The molecule has 40 heavy (non-hydrogen) atoms. The fraction of sp³-hybridized carbons (Fsp3) is 0.484. The Morgan fingerprint density at radius 1 is 1.10 bits per heavy atom. The predicted octanol–water partition coefficient (Wildman–Crippen LogP) is 4.17. The van der Waals surface area contributed by atoms with E-state index in [1.54, 1.807) is 12.1 Å². The van der Waals surface area contributed by atoms with Crippen molar-refractivity contribution in [2.24, 2.45) is 5.41 Å². The van der Waals surface area contributed by atoms with Gasteiger partial charge >= 0.3 is 0 Å². The molecule has 2 aromatic carbocycles. The third kappa shape index (κ3) is 5.83. The molecule has 2 N–H and O–H groups in total. The summed E-state index contributed by atoms with van der Waals surface area (Å²) in [6.45, 7) is 6.76. The van der Waals surface area contributed by atoms with Crippen LogP contribution < -0.4 is 15.4 Å². The van der Waals surface area contributed by atoms with Gasteiger partial charge in [0.05, 0.1) is 34.4 Å². The molecule has 2 aliphatic rings. The molecule has 1 spiro atoms. The molecular formula is C31H39N5O4. The standard InChI is InChI=1S/C31H39N5O4/c1-3-16-36-21-33-25-19-23(10-11-26(25)36)29(38)35-17-13-31(14-18-35)12-6-7-15-32-28(37)24-8-4-5-9-27(24)40-20-22(2)34-30(31)39/h4-5,8-11,19,21-22H,3,6-7,12-18,20H2,1-2H3,(H,32,37)(H,34,39)/t22-/m1/s1. The number of aryl methyl sites for hydroxylation is 1. The second-order valence-corrected chi connectivity index (χ2v) is 11.1. The van der Waals surface area contributed by atoms with Gasteiger partial charge in [-0.25, -0.2) is 4.98 Å². The van der Waals surface area contributed by atoms with Crippen LogP contribution in [0.4, 0.5) is 0 Å². The average Bonchev–Trinajstić information content (AvgIpc) is 3.37. The van der Waals surface area contributed by atoms with Gasteiger partial charge in [0.25, 0.3) is 11.8 Å². The Morgan fingerprint density at radius 3 is 2.70 bits per heavy atom. The van der Waals surface area contributed by atoms with Gasteiger partial charge in [-0.05, 0) is 69.4 Å². The Morgan fingerprint density at radius 2 is 1.90 bits per heavy atom. The number of hydrogen-bond donors (Lipinski definition) is 2. The van der Waals surface area contributed by atoms with Crippen molar-refractivity contribution in [1.82, 2.24) is 25.1 Å². The summed E-state index contributed by atoms with van der Waals surface area (Å²) in [6.07, 6.45) is 6.33. The molecule has 0 radical (unpaired) electrons. The van der Waals surface area contributed by atoms with Crippen LogP contribution in [0.25, 0.3) is 11.0 Å². The van der Waals surface area contributed by atoms with E-state index >= 15 is 0 Å². The lowest BCUT2D eigenvalue weighted by Gasteiger charge is -2.41. The number of imidazole rings is 1. The molecule has 1 fully saturated rings. The summed E-state index contributed by atoms with van der Waals surface area (Å²) in [6, 6.07) is 12.7. The van der Waals surface area contributed by atoms with Gasteiger partial charge in [0.1, 0.15) is 12.4 Å². The molecule has 0 unspecified atom stereocenters. The highest BCUT2D eigenvalue weighted by molar-refractivity contribution is 5.98. The minimum atomic E-state index is -0.556. The maximum atomic E-state index is 13.7. The van der Waals surface area contributed by atoms with E-state index < -0.39 is 5.41 Å². The van der Waals surface area contributed by atoms with Crippen molar-refractivity contribution in [3.63, 3.8) is 0 Å². The fourth-order valence-corrected chi connectivity index (χ4v) is 5.83. The number of aromatic nitrogens is 2. The van der Waals surface area contributed by atoms with E-state index in [1.807, 2.05) is 48.5 Å². The number of carbonyl (C=O) groups is 3. The van der Waals surface area contributed by atoms with Crippen LogP contribution in [-0.4, -0.2) is 64.5 Å². The number of piperidine rings is 1. The quantitative estimate of drug-likeness (QED) is 0.514. The number of nitrogens with one attached hydrogen (secondary N) is 2. The number of carbonyl (C=O) groups excluding carboxylic acids is 3. The van der Waals surface area contributed by atoms with Gasteiger partial charge < -0.3 is 24.8 Å². The first-order valence-electron chi connectivity index (χ1n) is 14.5. The van der Waals surface area contributed by atoms with Crippen molar-refractivity contribution in [3.8, 4) is 5.75 Å². The highest BCUT2D eigenvalue weighted by Gasteiger charge is 2.42. The topological polar surface area (TPSA) is 106 Å². The molecular weight excluding hydrogens is 506 g/mol. The molecule has 0 bridgehead atoms. The molecule has 3 amide bonds. The Kier molecular flexibility index (Phi) is 8.38. The van der Waals surface area contributed by atoms with E-state index in [4.69, 9.17) is 4.74 Å². The van der Waals surface area contributed by atoms with Crippen molar-refractivity contribution >= 4 is 28.8 Å². The molecule has 0 aliphatic carbocycles. The van der Waals surface area contributed by atoms with Crippen molar-refractivity contribution < 1.29 is 19.1 Å². The van der Waals surface area contributed by atoms with E-state index in [9.17, 15) is 14.4 Å². The number of hydrogen-bond acceptors (Lipinski definition) is 5. The second kappa shape index (κ2) is 12.1. The van der Waals surface area contributed by atoms with Gasteiger partial charge in [0, 0.05) is 31.7 Å². The molecule has 212 valence electrons. The number of likely N-dealkylation sites (tertiary alicyclic amines) is 1. The SMILES string of the molecule is CCCn1cnc2cc(C(=O)N3CCC4(CCCCNC(=O)c5ccccc5OC[C@@H](C)NC4=O)CC3)ccc21. The van der Waals surface area contributed by atoms with Crippen molar-refractivity contribution in [2.75, 3.05) is 26.2 Å². The first kappa shape index (κ1) is 27.7. The van der Waals surface area contributed by atoms with Crippen LogP contribution in [0.2, 0.25) is 0 Å². The second-order valence-electron chi connectivity index (χ2n) is 11.1. The summed E-state index contributed by atoms with van der Waals surface area (Å²) >= 11 is 0. The smallest absolute Gasteiger partial charge is 0.255 e. The van der Waals surface area contributed by atoms with E-state index in [0.717, 1.165) is 36.8 Å². The lowest BCUT2D eigenvalue weighted by Crippen LogP contribution is -2.52. The van der Waals surface area contributed by atoms with Gasteiger partial charge in [0.2, 0.25) is 5.91 Å². The van der Waals surface area contributed by atoms with Crippen molar-refractivity contribution in [3.05, 3.63) is 59.9 Å². The number of fused-ring (bicyclic) bond motifs is 2. The predicted molar refractivity (Wildman–Crippen MR) is 153 cm³/mol. The lowest BCUT2D eigenvalue weighted by atomic mass is 9.73. The zero-order valence-electron chi connectivity index (χ0n) is 23.4. The van der Waals surface area contributed by atoms with Crippen LogP contribution in [0, 0.1) is 5.41 Å². The largest absolute Gasteiger partial charge is 0.491 e. The summed E-state index contributed by atoms with van der Waals surface area (Å²) in [5, 5.41) is 6.15. The average molecular weight is 546 g/mol. The van der Waals surface area contributed by atoms with Crippen LogP contribution >= 0.6 is 0 Å². The molecule has 5 rings (SSSR count). The Hall–Kier alpha value is -3.88. The molecule has 9 heteroatoms. The van der Waals surface area contributed by atoms with E-state index in [1.165, 1.54) is 0 Å². The molecule has 0 saturated carbocycles. The minimum absolute atomic E-state index is 0.0213. The van der Waals surface area contributed by atoms with Gasteiger partial charge in [-0.1, -0.05) is 25.5 Å². The monoisotopic (exact) mass is 545 g/mol. The minimum Gasteiger partial charge on any atom is -0.491 e. The maximum absolute atomic E-state index is 13.7. The summed E-state index contributed by atoms with van der Waals surface area (Å²) in [4.78, 5) is 46.2. The van der Waals surface area contributed by atoms with Gasteiger partial charge in [-0.15, -0.1) is 0 Å². The van der Waals surface area contributed by atoms with Gasteiger partial charge in [0.15, 0.2) is 0 Å². The number of para-hydroxylation sites is 1. The third-order valence-electron chi connectivity index (χ3n) is 8.19. The molecule has 3 heterocycles. The zero-order valence-corrected chi connectivity index (χ0v) is 23.4. The van der Waals surface area contributed by atoms with Crippen LogP contribution in [0.15, 0.2) is 48.8 Å². The zero-order chi connectivity index (χ0) is 28.1. The molecule has 1 aromatic heterocycles. The van der Waals surface area contributed by atoms with E-state index in [2.05, 4.69) is 27.1 Å². The van der Waals surface area contributed by atoms with Crippen LogP contribution in [0.1, 0.15) is 73.1 Å². The molecule has 9 nitrogen and oxygen atoms in total. The fourth-order valence-electron chi connectivity index (χ4n) is 5.83. The molecule has 3 aromatic rings. The maximum Gasteiger partial charge on any atom is 0.255 e. The normalized spacial score (nSPS) is 20.2. The highest BCUT2D eigenvalue weighted by Crippen LogP contribution is 2.38. The number of nitrogens with zero attached hydrogens (tertiary/aromatic N) is 3. The van der Waals surface area contributed by atoms with Gasteiger partial charge in [-0.3, -0.25) is 14.4 Å². The Bertz CT molecular complexity index is 1380. The molecule has 2 aliphatic heterocycles. The number of rotatable bonds is 3. The number of benzene rings is 2. The van der Waals surface area contributed by atoms with Crippen LogP contribution in [0.3, 0.4) is 0 Å². The Balaban J connectivity index is 1.26. The summed E-state index contributed by atoms with van der Waals surface area (Å²) < 4.78 is 8.05. The summed E-state index contributed by atoms with van der Waals surface area (Å²) in [5.41, 5.74) is 2.43. The number of amides is 3. The molecule has 1 atom stereocenters. The van der Waals surface area contributed by atoms with Gasteiger partial charge in [-0.2, -0.15) is 0 Å². The van der Waals surface area contributed by atoms with Crippen LogP contribution in [-0.2, 0) is 11.3 Å². The highest BCUT2D eigenvalue weighted by atomic mass is 16.5. The van der Waals surface area contributed by atoms with Crippen molar-refractivity contribution in [1.29, 1.82) is 0 Å². The molecule has 1 saturated heterocycles. The van der Waals surface area contributed by atoms with E-state index in [0.29, 0.717) is 55.8 Å². The lowest BCUT2D eigenvalue weighted by molar-refractivity contribution is -0.135. The van der Waals surface area contributed by atoms with Crippen LogP contribution in [0.5, 0.6) is 5.75 Å². The van der Waals surface area contributed by atoms with E-state index in [-0.39, 0.29) is 30.4 Å². The third-order valence-corrected chi connectivity index (χ3v) is 8.19.